The molecular weight excluding hydrogens is 567 g/mol. The van der Waals surface area contributed by atoms with Gasteiger partial charge in [0.2, 0.25) is 5.92 Å². The van der Waals surface area contributed by atoms with E-state index < -0.39 is 78.5 Å². The number of hydrogen-bond acceptors (Lipinski definition) is 6. The second-order valence-corrected chi connectivity index (χ2v) is 10.5. The number of fused-ring (bicyclic) bond motifs is 1. The van der Waals surface area contributed by atoms with Gasteiger partial charge in [0.25, 0.3) is 11.8 Å². The normalized spacial score (nSPS) is 20.9. The molecule has 41 heavy (non-hydrogen) atoms. The average Bonchev–Trinajstić information content (AvgIpc) is 3.57. The molecule has 0 radical (unpaired) electrons. The minimum absolute atomic E-state index is 0.0502. The summed E-state index contributed by atoms with van der Waals surface area (Å²) in [6.45, 7) is -0.313. The van der Waals surface area contributed by atoms with Gasteiger partial charge in [-0.3, -0.25) is 4.79 Å². The molecule has 1 saturated heterocycles. The van der Waals surface area contributed by atoms with Crippen molar-refractivity contribution in [1.82, 2.24) is 30.0 Å². The molecule has 5 rings (SSSR count). The smallest absolute Gasteiger partial charge is 0.365 e. The summed E-state index contributed by atoms with van der Waals surface area (Å²) in [5, 5.41) is 9.43. The van der Waals surface area contributed by atoms with E-state index in [1.165, 1.54) is 23.0 Å². The lowest BCUT2D eigenvalue weighted by atomic mass is 9.75. The van der Waals surface area contributed by atoms with Crippen LogP contribution in [0.4, 0.5) is 35.5 Å². The highest BCUT2D eigenvalue weighted by Gasteiger charge is 2.47. The Morgan fingerprint density at radius 2 is 1.93 bits per heavy atom. The molecule has 0 spiro atoms. The lowest BCUT2D eigenvalue weighted by Crippen LogP contribution is -2.40. The number of rotatable bonds is 7. The molecule has 4 heterocycles. The molecular formula is C24H24F7N7O3. The summed E-state index contributed by atoms with van der Waals surface area (Å²) in [6.07, 6.45) is -2.99. The molecule has 0 aromatic carbocycles. The average molecular weight is 591 g/mol. The van der Waals surface area contributed by atoms with E-state index >= 15 is 0 Å². The van der Waals surface area contributed by atoms with E-state index in [-0.39, 0.29) is 36.5 Å². The molecule has 2 aliphatic rings. The first kappa shape index (κ1) is 28.6. The minimum atomic E-state index is -4.62. The van der Waals surface area contributed by atoms with Crippen molar-refractivity contribution in [2.45, 2.75) is 69.1 Å². The molecule has 2 atom stereocenters. The number of imidazole rings is 1. The van der Waals surface area contributed by atoms with Crippen molar-refractivity contribution in [3.8, 4) is 0 Å². The molecule has 1 saturated carbocycles. The van der Waals surface area contributed by atoms with Crippen molar-refractivity contribution >= 4 is 17.6 Å². The highest BCUT2D eigenvalue weighted by atomic mass is 19.4. The number of primary amides is 1. The van der Waals surface area contributed by atoms with Gasteiger partial charge in [0.15, 0.2) is 17.1 Å². The molecule has 1 aliphatic carbocycles. The fraction of sp³-hybridized carbons (Fsp3) is 0.542. The summed E-state index contributed by atoms with van der Waals surface area (Å²) in [5.74, 6) is -9.78. The molecule has 222 valence electrons. The van der Waals surface area contributed by atoms with Crippen molar-refractivity contribution in [3.63, 3.8) is 0 Å². The zero-order valence-corrected chi connectivity index (χ0v) is 21.4. The van der Waals surface area contributed by atoms with Crippen LogP contribution in [0.25, 0.3) is 5.65 Å². The second kappa shape index (κ2) is 9.87. The fourth-order valence-electron chi connectivity index (χ4n) is 5.34. The van der Waals surface area contributed by atoms with Crippen LogP contribution in [0.3, 0.4) is 0 Å². The molecule has 10 nitrogen and oxygen atoms in total. The zero-order chi connectivity index (χ0) is 29.9. The third-order valence-electron chi connectivity index (χ3n) is 7.37. The maximum Gasteiger partial charge on any atom is 0.410 e. The van der Waals surface area contributed by atoms with Crippen LogP contribution in [0.1, 0.15) is 71.6 Å². The number of halogens is 7. The number of carbonyl (C=O) groups excluding carboxylic acids is 2. The Hall–Kier alpha value is -3.92. The van der Waals surface area contributed by atoms with Crippen LogP contribution in [0.15, 0.2) is 23.0 Å². The first-order chi connectivity index (χ1) is 19.0. The number of carbonyl (C=O) groups is 2. The van der Waals surface area contributed by atoms with Gasteiger partial charge in [0.1, 0.15) is 11.6 Å². The van der Waals surface area contributed by atoms with Gasteiger partial charge in [-0.2, -0.15) is 27.1 Å². The first-order valence-corrected chi connectivity index (χ1v) is 12.6. The third kappa shape index (κ3) is 5.66. The van der Waals surface area contributed by atoms with Gasteiger partial charge < -0.3 is 20.5 Å². The molecule has 2 fully saturated rings. The first-order valence-electron chi connectivity index (χ1n) is 12.6. The lowest BCUT2D eigenvalue weighted by Gasteiger charge is -2.32. The largest absolute Gasteiger partial charge is 0.410 e. The topological polar surface area (TPSA) is 132 Å². The van der Waals surface area contributed by atoms with Crippen LogP contribution in [-0.2, 0) is 12.5 Å². The van der Waals surface area contributed by atoms with Crippen LogP contribution < -0.4 is 11.1 Å². The number of nitrogens with zero attached hydrogens (tertiary/aromatic N) is 5. The highest BCUT2D eigenvalue weighted by molar-refractivity contribution is 5.95. The van der Waals surface area contributed by atoms with Crippen molar-refractivity contribution < 1.29 is 44.8 Å². The summed E-state index contributed by atoms with van der Waals surface area (Å²) in [6, 6.07) is -1.47. The molecule has 0 unspecified atom stereocenters. The molecule has 1 aliphatic heterocycles. The SMILES string of the molecule is CC(F)(F)c1noc([C@H](c2cn3ncc(CN4C[C@@H](C(F)(F)F)NC4=O)cc3n2)C2CCC(F)(F)CC2)c1C(N)=O. The van der Waals surface area contributed by atoms with Crippen LogP contribution in [0, 0.1) is 5.92 Å². The fourth-order valence-corrected chi connectivity index (χ4v) is 5.34. The molecule has 3 amide bonds. The van der Waals surface area contributed by atoms with Crippen molar-refractivity contribution in [2.75, 3.05) is 6.54 Å². The summed E-state index contributed by atoms with van der Waals surface area (Å²) >= 11 is 0. The van der Waals surface area contributed by atoms with Crippen LogP contribution in [-0.4, -0.2) is 61.3 Å². The number of urea groups is 1. The second-order valence-electron chi connectivity index (χ2n) is 10.5. The summed E-state index contributed by atoms with van der Waals surface area (Å²) in [4.78, 5) is 29.8. The molecule has 3 aromatic heterocycles. The molecule has 0 bridgehead atoms. The van der Waals surface area contributed by atoms with Gasteiger partial charge in [0, 0.05) is 26.3 Å². The Morgan fingerprint density at radius 3 is 2.51 bits per heavy atom. The number of nitrogens with two attached hydrogens (primary N) is 1. The van der Waals surface area contributed by atoms with E-state index in [1.54, 1.807) is 0 Å². The van der Waals surface area contributed by atoms with Crippen LogP contribution in [0.5, 0.6) is 0 Å². The standard InChI is InChI=1S/C24H24F7N7O3/c1-22(25,26)19-17(20(32)39)18(41-36-19)16(12-2-4-23(27,28)5-3-12)13-9-38-15(34-13)6-11(7-33-38)8-37-10-14(24(29,30)31)35-21(37)40/h6-7,9,12,14,16H,2-5,8,10H2,1H3,(H2,32,39)(H,35,40)/t14-,16-/m0/s1. The molecule has 3 aromatic rings. The van der Waals surface area contributed by atoms with Gasteiger partial charge in [-0.25, -0.2) is 23.1 Å². The Bertz CT molecular complexity index is 1470. The predicted molar refractivity (Wildman–Crippen MR) is 125 cm³/mol. The quantitative estimate of drug-likeness (QED) is 0.393. The maximum absolute atomic E-state index is 14.2. The van der Waals surface area contributed by atoms with Crippen molar-refractivity contribution in [3.05, 3.63) is 46.7 Å². The Kier molecular flexibility index (Phi) is 6.88. The van der Waals surface area contributed by atoms with Crippen LogP contribution in [0.2, 0.25) is 0 Å². The Labute approximate surface area is 227 Å². The van der Waals surface area contributed by atoms with Crippen molar-refractivity contribution in [2.24, 2.45) is 11.7 Å². The molecule has 17 heteroatoms. The van der Waals surface area contributed by atoms with Crippen molar-refractivity contribution in [1.29, 1.82) is 0 Å². The molecule has 3 N–H and O–H groups in total. The lowest BCUT2D eigenvalue weighted by molar-refractivity contribution is -0.149. The number of hydrogen-bond donors (Lipinski definition) is 2. The minimum Gasteiger partial charge on any atom is -0.365 e. The van der Waals surface area contributed by atoms with E-state index in [4.69, 9.17) is 10.3 Å². The highest BCUT2D eigenvalue weighted by Crippen LogP contribution is 2.46. The number of amides is 3. The van der Waals surface area contributed by atoms with E-state index in [0.717, 1.165) is 4.90 Å². The van der Waals surface area contributed by atoms with Gasteiger partial charge in [0.05, 0.1) is 30.6 Å². The predicted octanol–water partition coefficient (Wildman–Crippen LogP) is 4.34. The van der Waals surface area contributed by atoms with E-state index in [0.29, 0.717) is 12.5 Å². The number of aromatic nitrogens is 4. The van der Waals surface area contributed by atoms with Gasteiger partial charge in [-0.1, -0.05) is 5.16 Å². The summed E-state index contributed by atoms with van der Waals surface area (Å²) < 4.78 is 102. The third-order valence-corrected chi connectivity index (χ3v) is 7.37. The Morgan fingerprint density at radius 1 is 1.24 bits per heavy atom. The van der Waals surface area contributed by atoms with Gasteiger partial charge in [-0.05, 0) is 30.4 Å². The monoisotopic (exact) mass is 591 g/mol. The zero-order valence-electron chi connectivity index (χ0n) is 21.4. The van der Waals surface area contributed by atoms with E-state index in [9.17, 15) is 40.3 Å². The van der Waals surface area contributed by atoms with Gasteiger partial charge >= 0.3 is 12.2 Å². The maximum atomic E-state index is 14.2. The summed E-state index contributed by atoms with van der Waals surface area (Å²) in [7, 11) is 0. The van der Waals surface area contributed by atoms with E-state index in [1.807, 2.05) is 5.32 Å². The number of nitrogens with one attached hydrogen (secondary N) is 1. The Balaban J connectivity index is 1.51. The number of alkyl halides is 7. The summed E-state index contributed by atoms with van der Waals surface area (Å²) in [5.41, 5.74) is 4.42. The van der Waals surface area contributed by atoms with Gasteiger partial charge in [-0.15, -0.1) is 0 Å². The van der Waals surface area contributed by atoms with E-state index in [2.05, 4.69) is 15.2 Å². The van der Waals surface area contributed by atoms with Crippen LogP contribution >= 0.6 is 0 Å².